The van der Waals surface area contributed by atoms with Gasteiger partial charge in [0.15, 0.2) is 9.84 Å². The highest BCUT2D eigenvalue weighted by molar-refractivity contribution is 7.91. The third kappa shape index (κ3) is 4.90. The van der Waals surface area contributed by atoms with Gasteiger partial charge in [-0.25, -0.2) is 8.42 Å². The number of rotatable bonds is 7. The molecule has 0 saturated carbocycles. The number of anilines is 1. The van der Waals surface area contributed by atoms with E-state index in [1.54, 1.807) is 43.3 Å². The smallest absolute Gasteiger partial charge is 0.256 e. The fourth-order valence-corrected chi connectivity index (χ4v) is 3.95. The van der Waals surface area contributed by atoms with E-state index in [-0.39, 0.29) is 22.6 Å². The summed E-state index contributed by atoms with van der Waals surface area (Å²) >= 11 is 0. The fraction of sp³-hybridized carbons (Fsp3) is 0.222. The highest BCUT2D eigenvalue weighted by Gasteiger charge is 2.21. The first kappa shape index (κ1) is 18.7. The average Bonchev–Trinajstić information content (AvgIpc) is 2.56. The molecule has 25 heavy (non-hydrogen) atoms. The van der Waals surface area contributed by atoms with E-state index in [1.807, 2.05) is 0 Å². The molecule has 0 aliphatic carbocycles. The number of sulfone groups is 1. The van der Waals surface area contributed by atoms with Crippen LogP contribution in [0.5, 0.6) is 0 Å². The van der Waals surface area contributed by atoms with E-state index in [0.29, 0.717) is 12.1 Å². The van der Waals surface area contributed by atoms with Gasteiger partial charge >= 0.3 is 0 Å². The molecule has 0 spiro atoms. The van der Waals surface area contributed by atoms with Crippen LogP contribution < -0.4 is 11.1 Å². The van der Waals surface area contributed by atoms with E-state index in [2.05, 4.69) is 5.32 Å². The van der Waals surface area contributed by atoms with Gasteiger partial charge in [-0.1, -0.05) is 31.2 Å². The maximum atomic E-state index is 12.5. The van der Waals surface area contributed by atoms with Gasteiger partial charge in [0.2, 0.25) is 5.91 Å². The summed E-state index contributed by atoms with van der Waals surface area (Å²) in [6.45, 7) is 1.77. The molecular weight excluding hydrogens is 340 g/mol. The number of nitrogens with one attached hydrogen (secondary N) is 1. The number of benzene rings is 2. The molecule has 0 aromatic heterocycles. The van der Waals surface area contributed by atoms with Crippen LogP contribution in [0.15, 0.2) is 53.4 Å². The van der Waals surface area contributed by atoms with Crippen molar-refractivity contribution in [1.29, 1.82) is 0 Å². The summed E-state index contributed by atoms with van der Waals surface area (Å²) in [6.07, 6.45) is 0.589. The lowest BCUT2D eigenvalue weighted by Gasteiger charge is -2.11. The number of hydrogen-bond donors (Lipinski definition) is 2. The first-order valence-corrected chi connectivity index (χ1v) is 9.49. The molecule has 0 atom stereocenters. The van der Waals surface area contributed by atoms with Gasteiger partial charge in [0.1, 0.15) is 0 Å². The highest BCUT2D eigenvalue weighted by Crippen LogP contribution is 2.20. The van der Waals surface area contributed by atoms with Crippen molar-refractivity contribution in [3.63, 3.8) is 0 Å². The number of carbonyl (C=O) groups excluding carboxylic acids is 2. The van der Waals surface area contributed by atoms with Crippen molar-refractivity contribution in [2.75, 3.05) is 11.1 Å². The number of carbonyl (C=O) groups is 2. The second kappa shape index (κ2) is 7.94. The van der Waals surface area contributed by atoms with E-state index in [9.17, 15) is 18.0 Å². The minimum atomic E-state index is -3.51. The molecule has 0 unspecified atom stereocenters. The van der Waals surface area contributed by atoms with Gasteiger partial charge in [-0.3, -0.25) is 9.59 Å². The Balaban J connectivity index is 2.23. The van der Waals surface area contributed by atoms with Crippen LogP contribution in [0, 0.1) is 0 Å². The lowest BCUT2D eigenvalue weighted by molar-refractivity contribution is -0.117. The molecule has 3 N–H and O–H groups in total. The lowest BCUT2D eigenvalue weighted by atomic mass is 10.1. The van der Waals surface area contributed by atoms with Gasteiger partial charge in [-0.2, -0.15) is 0 Å². The van der Waals surface area contributed by atoms with Crippen molar-refractivity contribution in [2.24, 2.45) is 5.73 Å². The summed E-state index contributed by atoms with van der Waals surface area (Å²) in [5.41, 5.74) is 6.48. The van der Waals surface area contributed by atoms with Crippen LogP contribution in [0.25, 0.3) is 0 Å². The molecule has 0 saturated heterocycles. The maximum absolute atomic E-state index is 12.5. The molecule has 0 bridgehead atoms. The Morgan fingerprint density at radius 1 is 1.04 bits per heavy atom. The molecular formula is C18H20N2O4S. The highest BCUT2D eigenvalue weighted by atomic mass is 32.2. The SMILES string of the molecule is CCCS(=O)(=O)c1ccccc1C(=O)Nc1ccc(CC(N)=O)cc1. The Morgan fingerprint density at radius 3 is 2.28 bits per heavy atom. The summed E-state index contributed by atoms with van der Waals surface area (Å²) in [4.78, 5) is 23.4. The molecule has 0 aliphatic rings. The molecule has 0 fully saturated rings. The summed E-state index contributed by atoms with van der Waals surface area (Å²) in [5, 5.41) is 2.67. The van der Waals surface area contributed by atoms with Gasteiger partial charge in [0.05, 0.1) is 22.6 Å². The minimum Gasteiger partial charge on any atom is -0.369 e. The summed E-state index contributed by atoms with van der Waals surface area (Å²) in [5.74, 6) is -0.955. The lowest BCUT2D eigenvalue weighted by Crippen LogP contribution is -2.18. The van der Waals surface area contributed by atoms with Crippen LogP contribution >= 0.6 is 0 Å². The van der Waals surface area contributed by atoms with Crippen LogP contribution in [0.4, 0.5) is 5.69 Å². The summed E-state index contributed by atoms with van der Waals surface area (Å²) in [7, 11) is -3.51. The van der Waals surface area contributed by atoms with E-state index in [0.717, 1.165) is 5.56 Å². The van der Waals surface area contributed by atoms with Crippen molar-refractivity contribution >= 4 is 27.3 Å². The fourth-order valence-electron chi connectivity index (χ4n) is 2.41. The molecule has 2 amide bonds. The van der Waals surface area contributed by atoms with Crippen LogP contribution in [-0.4, -0.2) is 26.0 Å². The van der Waals surface area contributed by atoms with Crippen LogP contribution in [0.3, 0.4) is 0 Å². The Kier molecular flexibility index (Phi) is 5.93. The third-order valence-corrected chi connectivity index (χ3v) is 5.50. The third-order valence-electron chi connectivity index (χ3n) is 3.53. The number of amides is 2. The first-order valence-electron chi connectivity index (χ1n) is 7.84. The molecule has 0 radical (unpaired) electrons. The zero-order chi connectivity index (χ0) is 18.4. The maximum Gasteiger partial charge on any atom is 0.256 e. The van der Waals surface area contributed by atoms with Gasteiger partial charge in [0, 0.05) is 5.69 Å². The predicted octanol–water partition coefficient (Wildman–Crippen LogP) is 2.15. The first-order chi connectivity index (χ1) is 11.8. The molecule has 2 aromatic rings. The number of hydrogen-bond acceptors (Lipinski definition) is 4. The molecule has 0 aliphatic heterocycles. The van der Waals surface area contributed by atoms with Crippen LogP contribution in [-0.2, 0) is 21.1 Å². The standard InChI is InChI=1S/C18H20N2O4S/c1-2-11-25(23,24)16-6-4-3-5-15(16)18(22)20-14-9-7-13(8-10-14)12-17(19)21/h3-10H,2,11-12H2,1H3,(H2,19,21)(H,20,22). The van der Waals surface area contributed by atoms with Crippen molar-refractivity contribution in [2.45, 2.75) is 24.7 Å². The minimum absolute atomic E-state index is 0.0148. The largest absolute Gasteiger partial charge is 0.369 e. The van der Waals surface area contributed by atoms with Crippen molar-refractivity contribution < 1.29 is 18.0 Å². The van der Waals surface area contributed by atoms with Crippen molar-refractivity contribution in [3.8, 4) is 0 Å². The van der Waals surface area contributed by atoms with Gasteiger partial charge in [0.25, 0.3) is 5.91 Å². The quantitative estimate of drug-likeness (QED) is 0.789. The van der Waals surface area contributed by atoms with Gasteiger partial charge in [-0.15, -0.1) is 0 Å². The van der Waals surface area contributed by atoms with E-state index in [1.165, 1.54) is 12.1 Å². The van der Waals surface area contributed by atoms with Crippen LogP contribution in [0.2, 0.25) is 0 Å². The van der Waals surface area contributed by atoms with Crippen molar-refractivity contribution in [3.05, 3.63) is 59.7 Å². The van der Waals surface area contributed by atoms with Crippen LogP contribution in [0.1, 0.15) is 29.3 Å². The Hall–Kier alpha value is -2.67. The van der Waals surface area contributed by atoms with Gasteiger partial charge < -0.3 is 11.1 Å². The van der Waals surface area contributed by atoms with E-state index in [4.69, 9.17) is 5.73 Å². The second-order valence-electron chi connectivity index (χ2n) is 5.61. The van der Waals surface area contributed by atoms with Gasteiger partial charge in [-0.05, 0) is 36.2 Å². The monoisotopic (exact) mass is 360 g/mol. The Morgan fingerprint density at radius 2 is 1.68 bits per heavy atom. The Labute approximate surface area is 147 Å². The Bertz CT molecular complexity index is 874. The average molecular weight is 360 g/mol. The second-order valence-corrected chi connectivity index (χ2v) is 7.69. The molecule has 2 rings (SSSR count). The van der Waals surface area contributed by atoms with E-state index >= 15 is 0 Å². The zero-order valence-electron chi connectivity index (χ0n) is 13.9. The molecule has 2 aromatic carbocycles. The zero-order valence-corrected chi connectivity index (χ0v) is 14.7. The van der Waals surface area contributed by atoms with Crippen molar-refractivity contribution in [1.82, 2.24) is 0 Å². The summed E-state index contributed by atoms with van der Waals surface area (Å²) in [6, 6.07) is 12.8. The molecule has 6 nitrogen and oxygen atoms in total. The predicted molar refractivity (Wildman–Crippen MR) is 96.1 cm³/mol. The summed E-state index contributed by atoms with van der Waals surface area (Å²) < 4.78 is 24.7. The normalized spacial score (nSPS) is 11.1. The number of primary amides is 1. The molecule has 0 heterocycles. The topological polar surface area (TPSA) is 106 Å². The molecule has 7 heteroatoms. The molecule has 132 valence electrons. The van der Waals surface area contributed by atoms with E-state index < -0.39 is 21.7 Å². The number of nitrogens with two attached hydrogens (primary N) is 1.